The molecule has 2 rings (SSSR count). The van der Waals surface area contributed by atoms with E-state index in [1.807, 2.05) is 20.9 Å². The highest BCUT2D eigenvalue weighted by molar-refractivity contribution is 5.92. The first-order valence-electron chi connectivity index (χ1n) is 6.25. The third kappa shape index (κ3) is 2.23. The minimum Gasteiger partial charge on any atom is -0.476 e. The van der Waals surface area contributed by atoms with Crippen LogP contribution in [-0.2, 0) is 7.05 Å². The first-order chi connectivity index (χ1) is 9.10. The Morgan fingerprint density at radius 3 is 2.58 bits per heavy atom. The fraction of sp³-hybridized carbons (Fsp3) is 0.500. The van der Waals surface area contributed by atoms with Gasteiger partial charge in [0.05, 0.1) is 24.3 Å². The van der Waals surface area contributed by atoms with E-state index in [4.69, 9.17) is 0 Å². The molecule has 1 N–H and O–H groups in total. The normalized spacial score (nSPS) is 11.2. The van der Waals surface area contributed by atoms with Crippen LogP contribution < -0.4 is 0 Å². The summed E-state index contributed by atoms with van der Waals surface area (Å²) in [6.07, 6.45) is 4.99. The Kier molecular flexibility index (Phi) is 3.64. The monoisotopic (exact) mass is 263 g/mol. The highest BCUT2D eigenvalue weighted by atomic mass is 16.4. The first-order valence-corrected chi connectivity index (χ1v) is 6.25. The van der Waals surface area contributed by atoms with E-state index in [0.717, 1.165) is 12.8 Å². The Hall–Kier alpha value is -2.18. The van der Waals surface area contributed by atoms with Crippen LogP contribution in [-0.4, -0.2) is 35.6 Å². The van der Waals surface area contributed by atoms with Crippen molar-refractivity contribution in [2.45, 2.75) is 32.7 Å². The standard InChI is InChI=1S/C12H17N5O2/c1-4-8(5-2)17-11(9-6-13-7-16(9)3)10(12(18)19)14-15-17/h6-8H,4-5H2,1-3H3,(H,18,19). The lowest BCUT2D eigenvalue weighted by Crippen LogP contribution is -2.12. The van der Waals surface area contributed by atoms with Gasteiger partial charge >= 0.3 is 5.97 Å². The molecule has 0 fully saturated rings. The summed E-state index contributed by atoms with van der Waals surface area (Å²) in [5, 5.41) is 17.1. The van der Waals surface area contributed by atoms with Crippen LogP contribution in [0.25, 0.3) is 11.4 Å². The lowest BCUT2D eigenvalue weighted by atomic mass is 10.1. The molecule has 0 spiro atoms. The summed E-state index contributed by atoms with van der Waals surface area (Å²) >= 11 is 0. The van der Waals surface area contributed by atoms with E-state index in [1.165, 1.54) is 0 Å². The molecular weight excluding hydrogens is 246 g/mol. The van der Waals surface area contributed by atoms with Crippen LogP contribution in [0.4, 0.5) is 0 Å². The number of aromatic carboxylic acids is 1. The highest BCUT2D eigenvalue weighted by Gasteiger charge is 2.25. The van der Waals surface area contributed by atoms with Crippen LogP contribution in [0.3, 0.4) is 0 Å². The molecule has 0 atom stereocenters. The Balaban J connectivity index is 2.64. The smallest absolute Gasteiger partial charge is 0.358 e. The second kappa shape index (κ2) is 5.21. The molecule has 7 heteroatoms. The van der Waals surface area contributed by atoms with Gasteiger partial charge in [-0.15, -0.1) is 5.10 Å². The molecule has 0 saturated heterocycles. The third-order valence-electron chi connectivity index (χ3n) is 3.24. The molecule has 2 heterocycles. The number of carboxylic acids is 1. The Bertz CT molecular complexity index is 583. The van der Waals surface area contributed by atoms with Crippen molar-refractivity contribution in [2.75, 3.05) is 0 Å². The number of hydrogen-bond acceptors (Lipinski definition) is 4. The zero-order chi connectivity index (χ0) is 14.0. The fourth-order valence-electron chi connectivity index (χ4n) is 2.15. The number of carboxylic acid groups (broad SMARTS) is 1. The number of carbonyl (C=O) groups is 1. The minimum atomic E-state index is -1.08. The lowest BCUT2D eigenvalue weighted by Gasteiger charge is -2.15. The molecule has 102 valence electrons. The van der Waals surface area contributed by atoms with Crippen molar-refractivity contribution in [3.63, 3.8) is 0 Å². The molecule has 0 aliphatic heterocycles. The van der Waals surface area contributed by atoms with Crippen LogP contribution >= 0.6 is 0 Å². The Labute approximate surface area is 110 Å². The average Bonchev–Trinajstić information content (AvgIpc) is 2.97. The van der Waals surface area contributed by atoms with Gasteiger partial charge < -0.3 is 9.67 Å². The molecule has 19 heavy (non-hydrogen) atoms. The summed E-state index contributed by atoms with van der Waals surface area (Å²) in [6.45, 7) is 4.09. The first kappa shape index (κ1) is 13.3. The van der Waals surface area contributed by atoms with Crippen molar-refractivity contribution in [1.29, 1.82) is 0 Å². The molecule has 7 nitrogen and oxygen atoms in total. The maximum atomic E-state index is 11.3. The van der Waals surface area contributed by atoms with Crippen LogP contribution in [0.15, 0.2) is 12.5 Å². The predicted molar refractivity (Wildman–Crippen MR) is 68.8 cm³/mol. The number of aryl methyl sites for hydroxylation is 1. The van der Waals surface area contributed by atoms with Gasteiger partial charge in [-0.25, -0.2) is 14.5 Å². The maximum absolute atomic E-state index is 11.3. The molecule has 0 bridgehead atoms. The molecule has 0 unspecified atom stereocenters. The molecule has 2 aromatic heterocycles. The van der Waals surface area contributed by atoms with Gasteiger partial charge in [0.25, 0.3) is 0 Å². The number of nitrogens with zero attached hydrogens (tertiary/aromatic N) is 5. The lowest BCUT2D eigenvalue weighted by molar-refractivity contribution is 0.0691. The van der Waals surface area contributed by atoms with Gasteiger partial charge in [0, 0.05) is 7.05 Å². The fourth-order valence-corrected chi connectivity index (χ4v) is 2.15. The number of rotatable bonds is 5. The van der Waals surface area contributed by atoms with Crippen LogP contribution in [0, 0.1) is 0 Å². The van der Waals surface area contributed by atoms with Crippen LogP contribution in [0.5, 0.6) is 0 Å². The van der Waals surface area contributed by atoms with E-state index < -0.39 is 5.97 Å². The topological polar surface area (TPSA) is 85.8 Å². The number of aromatic nitrogens is 5. The summed E-state index contributed by atoms with van der Waals surface area (Å²) in [5.74, 6) is -1.08. The molecule has 0 saturated carbocycles. The zero-order valence-electron chi connectivity index (χ0n) is 11.2. The van der Waals surface area contributed by atoms with Crippen molar-refractivity contribution >= 4 is 5.97 Å². The molecular formula is C12H17N5O2. The summed E-state index contributed by atoms with van der Waals surface area (Å²) in [5.41, 5.74) is 1.19. The Morgan fingerprint density at radius 1 is 1.42 bits per heavy atom. The van der Waals surface area contributed by atoms with E-state index in [-0.39, 0.29) is 11.7 Å². The maximum Gasteiger partial charge on any atom is 0.358 e. The highest BCUT2D eigenvalue weighted by Crippen LogP contribution is 2.27. The van der Waals surface area contributed by atoms with Gasteiger partial charge in [-0.1, -0.05) is 19.1 Å². The quantitative estimate of drug-likeness (QED) is 0.888. The molecule has 0 amide bonds. The van der Waals surface area contributed by atoms with Gasteiger partial charge in [-0.3, -0.25) is 0 Å². The van der Waals surface area contributed by atoms with Gasteiger partial charge in [0.15, 0.2) is 5.69 Å². The average molecular weight is 263 g/mol. The molecule has 2 aromatic rings. The van der Waals surface area contributed by atoms with Crippen molar-refractivity contribution in [2.24, 2.45) is 7.05 Å². The van der Waals surface area contributed by atoms with Gasteiger partial charge in [-0.2, -0.15) is 0 Å². The van der Waals surface area contributed by atoms with E-state index in [9.17, 15) is 9.90 Å². The predicted octanol–water partition coefficient (Wildman–Crippen LogP) is 1.74. The second-order valence-electron chi connectivity index (χ2n) is 4.40. The van der Waals surface area contributed by atoms with Crippen molar-refractivity contribution < 1.29 is 9.90 Å². The van der Waals surface area contributed by atoms with Crippen molar-refractivity contribution in [1.82, 2.24) is 24.5 Å². The Morgan fingerprint density at radius 2 is 2.11 bits per heavy atom. The minimum absolute atomic E-state index is 0.0319. The van der Waals surface area contributed by atoms with E-state index >= 15 is 0 Å². The van der Waals surface area contributed by atoms with Crippen LogP contribution in [0.2, 0.25) is 0 Å². The summed E-state index contributed by atoms with van der Waals surface area (Å²) < 4.78 is 3.46. The second-order valence-corrected chi connectivity index (χ2v) is 4.40. The van der Waals surface area contributed by atoms with E-state index in [1.54, 1.807) is 21.8 Å². The number of hydrogen-bond donors (Lipinski definition) is 1. The van der Waals surface area contributed by atoms with Crippen molar-refractivity contribution in [3.8, 4) is 11.4 Å². The SMILES string of the molecule is CCC(CC)n1nnc(C(=O)O)c1-c1cncn1C. The van der Waals surface area contributed by atoms with Crippen molar-refractivity contribution in [3.05, 3.63) is 18.2 Å². The van der Waals surface area contributed by atoms with Gasteiger partial charge in [-0.05, 0) is 12.8 Å². The van der Waals surface area contributed by atoms with E-state index in [2.05, 4.69) is 15.3 Å². The molecule has 0 aliphatic carbocycles. The number of imidazole rings is 1. The van der Waals surface area contributed by atoms with E-state index in [0.29, 0.717) is 11.4 Å². The summed E-state index contributed by atoms with van der Waals surface area (Å²) in [4.78, 5) is 15.3. The molecule has 0 aliphatic rings. The largest absolute Gasteiger partial charge is 0.476 e. The third-order valence-corrected chi connectivity index (χ3v) is 3.24. The van der Waals surface area contributed by atoms with Crippen LogP contribution in [0.1, 0.15) is 43.2 Å². The summed E-state index contributed by atoms with van der Waals surface area (Å²) in [7, 11) is 1.82. The zero-order valence-corrected chi connectivity index (χ0v) is 11.2. The molecule has 0 radical (unpaired) electrons. The van der Waals surface area contributed by atoms with Gasteiger partial charge in [0.2, 0.25) is 0 Å². The summed E-state index contributed by atoms with van der Waals surface area (Å²) in [6, 6.07) is 0.130. The van der Waals surface area contributed by atoms with Gasteiger partial charge in [0.1, 0.15) is 5.69 Å². The molecule has 0 aromatic carbocycles.